The van der Waals surface area contributed by atoms with Crippen LogP contribution in [0.2, 0.25) is 0 Å². The highest BCUT2D eigenvalue weighted by atomic mass is 16.2. The molecule has 180 valence electrons. The first-order chi connectivity index (χ1) is 18.1. The molecule has 37 heavy (non-hydrogen) atoms. The highest BCUT2D eigenvalue weighted by Gasteiger charge is 2.06. The number of fused-ring (bicyclic) bond motifs is 2. The molecule has 0 atom stereocenters. The second-order valence-corrected chi connectivity index (χ2v) is 8.81. The maximum atomic E-state index is 12.7. The molecule has 0 heterocycles. The molecule has 0 saturated heterocycles. The number of aryl methyl sites for hydroxylation is 1. The van der Waals surface area contributed by atoms with Crippen molar-refractivity contribution in [2.45, 2.75) is 6.92 Å². The van der Waals surface area contributed by atoms with Crippen LogP contribution in [0.5, 0.6) is 0 Å². The fourth-order valence-electron chi connectivity index (χ4n) is 4.32. The number of hydrogen-bond donors (Lipinski definition) is 2. The summed E-state index contributed by atoms with van der Waals surface area (Å²) in [5, 5.41) is 10.2. The van der Waals surface area contributed by atoms with Gasteiger partial charge in [0.2, 0.25) is 11.8 Å². The summed E-state index contributed by atoms with van der Waals surface area (Å²) in [7, 11) is 0. The Morgan fingerprint density at radius 1 is 0.595 bits per heavy atom. The lowest BCUT2D eigenvalue weighted by Gasteiger charge is -2.10. The molecule has 0 aliphatic heterocycles. The fourth-order valence-corrected chi connectivity index (χ4v) is 4.32. The van der Waals surface area contributed by atoms with Crippen LogP contribution in [0.4, 0.5) is 11.4 Å². The molecule has 2 N–H and O–H groups in total. The van der Waals surface area contributed by atoms with Gasteiger partial charge < -0.3 is 10.6 Å². The minimum atomic E-state index is -0.245. The quantitative estimate of drug-likeness (QED) is 0.245. The van der Waals surface area contributed by atoms with E-state index in [1.807, 2.05) is 116 Å². The number of hydrogen-bond acceptors (Lipinski definition) is 2. The monoisotopic (exact) mass is 482 g/mol. The van der Waals surface area contributed by atoms with Gasteiger partial charge in [0.05, 0.1) is 0 Å². The molecule has 2 amide bonds. The standard InChI is InChI=1S/C33H26N2O2/c1-23-16-19-28(34-32(36)20-17-26-12-6-10-24-8-2-4-14-29(24)26)22-31(23)35-33(37)21-18-27-13-7-11-25-9-3-5-15-30(25)27/h2-22H,1H3,(H,34,36)(H,35,37). The van der Waals surface area contributed by atoms with Crippen LogP contribution in [0.1, 0.15) is 16.7 Å². The van der Waals surface area contributed by atoms with E-state index in [0.29, 0.717) is 11.4 Å². The third-order valence-electron chi connectivity index (χ3n) is 6.24. The molecule has 0 radical (unpaired) electrons. The molecular weight excluding hydrogens is 456 g/mol. The average molecular weight is 483 g/mol. The molecule has 0 spiro atoms. The van der Waals surface area contributed by atoms with E-state index in [0.717, 1.165) is 38.2 Å². The zero-order valence-electron chi connectivity index (χ0n) is 20.4. The third kappa shape index (κ3) is 5.65. The molecular formula is C33H26N2O2. The zero-order valence-corrected chi connectivity index (χ0v) is 20.4. The third-order valence-corrected chi connectivity index (χ3v) is 6.24. The van der Waals surface area contributed by atoms with Crippen LogP contribution < -0.4 is 10.6 Å². The number of rotatable bonds is 6. The van der Waals surface area contributed by atoms with Crippen LogP contribution in [0.15, 0.2) is 115 Å². The molecule has 0 aliphatic carbocycles. The molecule has 0 saturated carbocycles. The molecule has 0 aromatic heterocycles. The zero-order chi connectivity index (χ0) is 25.6. The van der Waals surface area contributed by atoms with Gasteiger partial charge in [-0.1, -0.05) is 91.0 Å². The summed E-state index contributed by atoms with van der Waals surface area (Å²) < 4.78 is 0. The maximum absolute atomic E-state index is 12.7. The van der Waals surface area contributed by atoms with E-state index in [2.05, 4.69) is 10.6 Å². The van der Waals surface area contributed by atoms with Crippen LogP contribution in [-0.4, -0.2) is 11.8 Å². The number of carbonyl (C=O) groups is 2. The molecule has 4 nitrogen and oxygen atoms in total. The Morgan fingerprint density at radius 2 is 1.11 bits per heavy atom. The van der Waals surface area contributed by atoms with Crippen molar-refractivity contribution in [3.8, 4) is 0 Å². The van der Waals surface area contributed by atoms with Crippen molar-refractivity contribution in [1.29, 1.82) is 0 Å². The van der Waals surface area contributed by atoms with Crippen molar-refractivity contribution in [3.63, 3.8) is 0 Å². The Morgan fingerprint density at radius 3 is 1.70 bits per heavy atom. The van der Waals surface area contributed by atoms with Gasteiger partial charge in [-0.3, -0.25) is 9.59 Å². The summed E-state index contributed by atoms with van der Waals surface area (Å²) in [4.78, 5) is 25.3. The molecule has 4 heteroatoms. The van der Waals surface area contributed by atoms with Crippen molar-refractivity contribution in [3.05, 3.63) is 132 Å². The lowest BCUT2D eigenvalue weighted by Crippen LogP contribution is -2.11. The summed E-state index contributed by atoms with van der Waals surface area (Å²) in [5.74, 6) is -0.486. The first-order valence-corrected chi connectivity index (χ1v) is 12.1. The largest absolute Gasteiger partial charge is 0.322 e. The minimum Gasteiger partial charge on any atom is -0.322 e. The first kappa shape index (κ1) is 23.8. The van der Waals surface area contributed by atoms with Crippen molar-refractivity contribution in [2.24, 2.45) is 0 Å². The van der Waals surface area contributed by atoms with E-state index in [1.165, 1.54) is 12.2 Å². The molecule has 0 fully saturated rings. The maximum Gasteiger partial charge on any atom is 0.248 e. The molecule has 5 aromatic carbocycles. The van der Waals surface area contributed by atoms with Gasteiger partial charge in [0.25, 0.3) is 0 Å². The summed E-state index contributed by atoms with van der Waals surface area (Å²) >= 11 is 0. The predicted molar refractivity (Wildman–Crippen MR) is 154 cm³/mol. The second kappa shape index (κ2) is 10.8. The van der Waals surface area contributed by atoms with Crippen LogP contribution in [0.3, 0.4) is 0 Å². The van der Waals surface area contributed by atoms with Gasteiger partial charge in [-0.15, -0.1) is 0 Å². The number of anilines is 2. The van der Waals surface area contributed by atoms with E-state index < -0.39 is 0 Å². The summed E-state index contributed by atoms with van der Waals surface area (Å²) in [6, 6.07) is 33.6. The Labute approximate surface area is 216 Å². The summed E-state index contributed by atoms with van der Waals surface area (Å²) in [6.45, 7) is 1.91. The number of nitrogens with one attached hydrogen (secondary N) is 2. The van der Waals surface area contributed by atoms with Gasteiger partial charge in [-0.25, -0.2) is 0 Å². The molecule has 0 aliphatic rings. The van der Waals surface area contributed by atoms with Crippen LogP contribution >= 0.6 is 0 Å². The van der Waals surface area contributed by atoms with Crippen molar-refractivity contribution < 1.29 is 9.59 Å². The SMILES string of the molecule is Cc1ccc(NC(=O)C=Cc2cccc3ccccc23)cc1NC(=O)C=Cc1cccc2ccccc12. The smallest absolute Gasteiger partial charge is 0.248 e. The van der Waals surface area contributed by atoms with Gasteiger partial charge >= 0.3 is 0 Å². The normalized spacial score (nSPS) is 11.4. The predicted octanol–water partition coefficient (Wildman–Crippen LogP) is 7.61. The molecule has 5 aromatic rings. The van der Waals surface area contributed by atoms with E-state index in [-0.39, 0.29) is 11.8 Å². The topological polar surface area (TPSA) is 58.2 Å². The Balaban J connectivity index is 1.27. The Kier molecular flexibility index (Phi) is 6.91. The molecule has 0 bridgehead atoms. The lowest BCUT2D eigenvalue weighted by molar-refractivity contribution is -0.112. The van der Waals surface area contributed by atoms with E-state index >= 15 is 0 Å². The van der Waals surface area contributed by atoms with Gasteiger partial charge in [-0.05, 0) is 69.4 Å². The van der Waals surface area contributed by atoms with E-state index in [1.54, 1.807) is 6.07 Å². The van der Waals surface area contributed by atoms with Gasteiger partial charge in [0.1, 0.15) is 0 Å². The summed E-state index contributed by atoms with van der Waals surface area (Å²) in [5.41, 5.74) is 4.10. The fraction of sp³-hybridized carbons (Fsp3) is 0.0303. The Bertz CT molecular complexity index is 1670. The van der Waals surface area contributed by atoms with Crippen molar-refractivity contribution in [2.75, 3.05) is 10.6 Å². The van der Waals surface area contributed by atoms with Crippen molar-refractivity contribution >= 4 is 56.9 Å². The number of carbonyl (C=O) groups excluding carboxylic acids is 2. The average Bonchev–Trinajstić information content (AvgIpc) is 2.92. The van der Waals surface area contributed by atoms with Crippen LogP contribution in [0.25, 0.3) is 33.7 Å². The van der Waals surface area contributed by atoms with Gasteiger partial charge in [-0.2, -0.15) is 0 Å². The second-order valence-electron chi connectivity index (χ2n) is 8.81. The number of amides is 2. The highest BCUT2D eigenvalue weighted by molar-refractivity contribution is 6.06. The lowest BCUT2D eigenvalue weighted by atomic mass is 10.0. The van der Waals surface area contributed by atoms with Crippen molar-refractivity contribution in [1.82, 2.24) is 0 Å². The first-order valence-electron chi connectivity index (χ1n) is 12.1. The van der Waals surface area contributed by atoms with Gasteiger partial charge in [0, 0.05) is 23.5 Å². The van der Waals surface area contributed by atoms with E-state index in [9.17, 15) is 9.59 Å². The van der Waals surface area contributed by atoms with E-state index in [4.69, 9.17) is 0 Å². The highest BCUT2D eigenvalue weighted by Crippen LogP contribution is 2.23. The molecule has 0 unspecified atom stereocenters. The van der Waals surface area contributed by atoms with Gasteiger partial charge in [0.15, 0.2) is 0 Å². The molecule has 5 rings (SSSR count). The Hall–Kier alpha value is -4.96. The van der Waals surface area contributed by atoms with Crippen LogP contribution in [-0.2, 0) is 9.59 Å². The summed E-state index contributed by atoms with van der Waals surface area (Å²) in [6.07, 6.45) is 6.68. The van der Waals surface area contributed by atoms with Crippen LogP contribution in [0, 0.1) is 6.92 Å². The minimum absolute atomic E-state index is 0.240. The number of benzene rings is 5.